The van der Waals surface area contributed by atoms with Crippen molar-refractivity contribution in [2.75, 3.05) is 13.1 Å². The standard InChI is InChI=1S/C11H11BrCl2N2O2S/c1-2-16(5-3-4-15)19(17,18)11-9(13)6-8(12)7-10(11)14/h6-7H,2-3,5H2,1H3. The van der Waals surface area contributed by atoms with Crippen LogP contribution in [0.3, 0.4) is 0 Å². The van der Waals surface area contributed by atoms with E-state index in [1.807, 2.05) is 6.07 Å². The van der Waals surface area contributed by atoms with Crippen LogP contribution in [-0.4, -0.2) is 25.8 Å². The zero-order valence-electron chi connectivity index (χ0n) is 10.0. The van der Waals surface area contributed by atoms with Gasteiger partial charge in [-0.05, 0) is 12.1 Å². The number of rotatable bonds is 5. The quantitative estimate of drug-likeness (QED) is 0.776. The first-order valence-corrected chi connectivity index (χ1v) is 8.35. The van der Waals surface area contributed by atoms with E-state index in [-0.39, 0.29) is 34.5 Å². The molecule has 1 rings (SSSR count). The van der Waals surface area contributed by atoms with Gasteiger partial charge in [0.05, 0.1) is 16.1 Å². The van der Waals surface area contributed by atoms with Gasteiger partial charge in [-0.25, -0.2) is 8.42 Å². The number of hydrogen-bond donors (Lipinski definition) is 0. The van der Waals surface area contributed by atoms with Crippen LogP contribution in [0.1, 0.15) is 13.3 Å². The highest BCUT2D eigenvalue weighted by Gasteiger charge is 2.28. The second-order valence-electron chi connectivity index (χ2n) is 3.60. The van der Waals surface area contributed by atoms with Crippen molar-refractivity contribution in [1.82, 2.24) is 4.31 Å². The molecule has 1 aromatic carbocycles. The van der Waals surface area contributed by atoms with Crippen molar-refractivity contribution in [2.24, 2.45) is 0 Å². The highest BCUT2D eigenvalue weighted by molar-refractivity contribution is 9.10. The molecule has 0 atom stereocenters. The van der Waals surface area contributed by atoms with Crippen molar-refractivity contribution >= 4 is 49.2 Å². The van der Waals surface area contributed by atoms with E-state index in [0.29, 0.717) is 4.47 Å². The molecule has 8 heteroatoms. The van der Waals surface area contributed by atoms with Crippen LogP contribution in [0.2, 0.25) is 10.0 Å². The maximum absolute atomic E-state index is 12.5. The Morgan fingerprint density at radius 1 is 1.37 bits per heavy atom. The summed E-state index contributed by atoms with van der Waals surface area (Å²) in [5.74, 6) is 0. The molecule has 19 heavy (non-hydrogen) atoms. The normalized spacial score (nSPS) is 11.6. The Hall–Kier alpha value is -0.320. The molecular weight excluding hydrogens is 375 g/mol. The predicted octanol–water partition coefficient (Wildman–Crippen LogP) is 3.68. The minimum Gasteiger partial charge on any atom is -0.207 e. The summed E-state index contributed by atoms with van der Waals surface area (Å²) < 4.78 is 26.7. The Bertz CT molecular complexity index is 591. The summed E-state index contributed by atoms with van der Waals surface area (Å²) in [6.45, 7) is 2.04. The average molecular weight is 386 g/mol. The minimum atomic E-state index is -3.80. The van der Waals surface area contributed by atoms with Crippen LogP contribution in [-0.2, 0) is 10.0 Å². The third-order valence-electron chi connectivity index (χ3n) is 2.39. The molecule has 0 aliphatic heterocycles. The van der Waals surface area contributed by atoms with Crippen LogP contribution >= 0.6 is 39.1 Å². The second-order valence-corrected chi connectivity index (χ2v) is 7.21. The predicted molar refractivity (Wildman–Crippen MR) is 78.8 cm³/mol. The SMILES string of the molecule is CCN(CCC#N)S(=O)(=O)c1c(Cl)cc(Br)cc1Cl. The lowest BCUT2D eigenvalue weighted by Crippen LogP contribution is -2.32. The van der Waals surface area contributed by atoms with Gasteiger partial charge >= 0.3 is 0 Å². The Labute approximate surface area is 131 Å². The summed E-state index contributed by atoms with van der Waals surface area (Å²) in [4.78, 5) is -0.126. The summed E-state index contributed by atoms with van der Waals surface area (Å²) in [5, 5.41) is 8.66. The number of nitrogens with zero attached hydrogens (tertiary/aromatic N) is 2. The van der Waals surface area contributed by atoms with Gasteiger partial charge in [-0.2, -0.15) is 9.57 Å². The molecule has 0 aromatic heterocycles. The lowest BCUT2D eigenvalue weighted by Gasteiger charge is -2.20. The molecule has 0 saturated heterocycles. The Morgan fingerprint density at radius 3 is 2.32 bits per heavy atom. The number of hydrogen-bond acceptors (Lipinski definition) is 3. The van der Waals surface area contributed by atoms with Crippen molar-refractivity contribution in [3.8, 4) is 6.07 Å². The summed E-state index contributed by atoms with van der Waals surface area (Å²) in [7, 11) is -3.80. The van der Waals surface area contributed by atoms with E-state index in [4.69, 9.17) is 28.5 Å². The highest BCUT2D eigenvalue weighted by atomic mass is 79.9. The zero-order chi connectivity index (χ0) is 14.6. The van der Waals surface area contributed by atoms with E-state index >= 15 is 0 Å². The molecule has 0 amide bonds. The maximum Gasteiger partial charge on any atom is 0.246 e. The molecule has 0 fully saturated rings. The van der Waals surface area contributed by atoms with E-state index in [1.54, 1.807) is 6.92 Å². The number of sulfonamides is 1. The third-order valence-corrected chi connectivity index (χ3v) is 5.74. The molecule has 4 nitrogen and oxygen atoms in total. The van der Waals surface area contributed by atoms with Crippen LogP contribution < -0.4 is 0 Å². The van der Waals surface area contributed by atoms with Gasteiger partial charge in [-0.1, -0.05) is 46.1 Å². The Kier molecular flexibility index (Phi) is 6.09. The van der Waals surface area contributed by atoms with Gasteiger partial charge in [-0.15, -0.1) is 0 Å². The molecule has 1 aromatic rings. The van der Waals surface area contributed by atoms with Gasteiger partial charge in [0.1, 0.15) is 4.90 Å². The van der Waals surface area contributed by atoms with E-state index in [0.717, 1.165) is 0 Å². The van der Waals surface area contributed by atoms with Gasteiger partial charge in [0, 0.05) is 24.0 Å². The molecular formula is C11H11BrCl2N2O2S. The van der Waals surface area contributed by atoms with E-state index in [2.05, 4.69) is 15.9 Å². The lowest BCUT2D eigenvalue weighted by molar-refractivity contribution is 0.435. The van der Waals surface area contributed by atoms with Crippen LogP contribution in [0.5, 0.6) is 0 Å². The number of halogens is 3. The molecule has 0 bridgehead atoms. The molecule has 0 aliphatic rings. The number of nitriles is 1. The smallest absolute Gasteiger partial charge is 0.207 e. The first kappa shape index (κ1) is 16.7. The van der Waals surface area contributed by atoms with E-state index in [1.165, 1.54) is 16.4 Å². The average Bonchev–Trinajstić information content (AvgIpc) is 2.27. The first-order valence-electron chi connectivity index (χ1n) is 5.36. The molecule has 0 unspecified atom stereocenters. The Balaban J connectivity index is 3.31. The molecule has 0 aliphatic carbocycles. The summed E-state index contributed by atoms with van der Waals surface area (Å²) >= 11 is 15.1. The lowest BCUT2D eigenvalue weighted by atomic mass is 10.4. The molecule has 104 valence electrons. The topological polar surface area (TPSA) is 61.2 Å². The fourth-order valence-corrected chi connectivity index (χ4v) is 4.86. The summed E-state index contributed by atoms with van der Waals surface area (Å²) in [5.41, 5.74) is 0. The minimum absolute atomic E-state index is 0.0507. The third kappa shape index (κ3) is 3.83. The van der Waals surface area contributed by atoms with Gasteiger partial charge in [-0.3, -0.25) is 0 Å². The van der Waals surface area contributed by atoms with Crippen molar-refractivity contribution in [1.29, 1.82) is 5.26 Å². The highest BCUT2D eigenvalue weighted by Crippen LogP contribution is 2.34. The fraction of sp³-hybridized carbons (Fsp3) is 0.364. The van der Waals surface area contributed by atoms with Crippen molar-refractivity contribution < 1.29 is 8.42 Å². The molecule has 0 radical (unpaired) electrons. The monoisotopic (exact) mass is 384 g/mol. The van der Waals surface area contributed by atoms with Crippen LogP contribution in [0, 0.1) is 11.3 Å². The van der Waals surface area contributed by atoms with E-state index in [9.17, 15) is 8.42 Å². The summed E-state index contributed by atoms with van der Waals surface area (Å²) in [6.07, 6.45) is 0.110. The first-order chi connectivity index (χ1) is 8.84. The zero-order valence-corrected chi connectivity index (χ0v) is 13.9. The molecule has 0 N–H and O–H groups in total. The van der Waals surface area contributed by atoms with Crippen LogP contribution in [0.4, 0.5) is 0 Å². The van der Waals surface area contributed by atoms with Gasteiger partial charge in [0.15, 0.2) is 0 Å². The largest absolute Gasteiger partial charge is 0.246 e. The molecule has 0 spiro atoms. The van der Waals surface area contributed by atoms with Crippen molar-refractivity contribution in [3.05, 3.63) is 26.7 Å². The summed E-state index contributed by atoms with van der Waals surface area (Å²) in [6, 6.07) is 4.86. The molecule has 0 saturated carbocycles. The van der Waals surface area contributed by atoms with Crippen molar-refractivity contribution in [3.63, 3.8) is 0 Å². The van der Waals surface area contributed by atoms with Gasteiger partial charge in [0.25, 0.3) is 0 Å². The van der Waals surface area contributed by atoms with Crippen molar-refractivity contribution in [2.45, 2.75) is 18.2 Å². The van der Waals surface area contributed by atoms with Gasteiger partial charge in [0.2, 0.25) is 10.0 Å². The second kappa shape index (κ2) is 6.91. The van der Waals surface area contributed by atoms with Crippen LogP contribution in [0.25, 0.3) is 0 Å². The number of benzene rings is 1. The Morgan fingerprint density at radius 2 is 1.89 bits per heavy atom. The van der Waals surface area contributed by atoms with Crippen LogP contribution in [0.15, 0.2) is 21.5 Å². The molecule has 0 heterocycles. The maximum atomic E-state index is 12.5. The van der Waals surface area contributed by atoms with E-state index < -0.39 is 10.0 Å². The van der Waals surface area contributed by atoms with Gasteiger partial charge < -0.3 is 0 Å². The fourth-order valence-electron chi connectivity index (χ4n) is 1.53.